The molecular formula is C6H10OS. The van der Waals surface area contributed by atoms with E-state index in [1.54, 1.807) is 0 Å². The van der Waals surface area contributed by atoms with Crippen LogP contribution in [-0.4, -0.2) is 23.7 Å². The van der Waals surface area contributed by atoms with Gasteiger partial charge < -0.3 is 4.74 Å². The molecule has 0 amide bonds. The van der Waals surface area contributed by atoms with Gasteiger partial charge in [-0.05, 0) is 18.6 Å². The summed E-state index contributed by atoms with van der Waals surface area (Å²) in [7, 11) is 0. The molecule has 2 aliphatic rings. The molecule has 0 radical (unpaired) electrons. The molecule has 1 nitrogen and oxygen atoms in total. The number of hydrogen-bond acceptors (Lipinski definition) is 2. The maximum atomic E-state index is 5.28. The Hall–Kier alpha value is 0.310. The van der Waals surface area contributed by atoms with Gasteiger partial charge in [0.15, 0.2) is 0 Å². The second-order valence-corrected chi connectivity index (χ2v) is 4.15. The molecule has 2 heteroatoms. The molecular weight excluding hydrogens is 120 g/mol. The van der Waals surface area contributed by atoms with E-state index in [1.807, 2.05) is 0 Å². The zero-order valence-electron chi connectivity index (χ0n) is 4.85. The van der Waals surface area contributed by atoms with E-state index in [4.69, 9.17) is 4.74 Å². The predicted molar refractivity (Wildman–Crippen MR) is 35.2 cm³/mol. The van der Waals surface area contributed by atoms with Crippen molar-refractivity contribution in [1.29, 1.82) is 0 Å². The molecule has 0 aromatic heterocycles. The van der Waals surface area contributed by atoms with Crippen molar-refractivity contribution in [2.75, 3.05) is 19.0 Å². The highest BCUT2D eigenvalue weighted by Gasteiger charge is 2.41. The summed E-state index contributed by atoms with van der Waals surface area (Å²) in [5.41, 5.74) is 0. The quantitative estimate of drug-likeness (QED) is 0.488. The van der Waals surface area contributed by atoms with Crippen molar-refractivity contribution in [3.8, 4) is 0 Å². The fraction of sp³-hybridized carbons (Fsp3) is 1.00. The third kappa shape index (κ3) is 0.594. The van der Waals surface area contributed by atoms with Crippen molar-refractivity contribution in [1.82, 2.24) is 0 Å². The summed E-state index contributed by atoms with van der Waals surface area (Å²) >= 11 is 2.09. The van der Waals surface area contributed by atoms with Gasteiger partial charge in [-0.1, -0.05) is 0 Å². The lowest BCUT2D eigenvalue weighted by Crippen LogP contribution is -2.34. The van der Waals surface area contributed by atoms with Crippen LogP contribution in [0.1, 0.15) is 12.8 Å². The van der Waals surface area contributed by atoms with Gasteiger partial charge in [0.05, 0.1) is 6.61 Å². The molecule has 1 atom stereocenters. The molecule has 2 heterocycles. The smallest absolute Gasteiger partial charge is 0.0614 e. The van der Waals surface area contributed by atoms with Gasteiger partial charge in [0.25, 0.3) is 0 Å². The molecule has 0 saturated carbocycles. The maximum absolute atomic E-state index is 5.28. The summed E-state index contributed by atoms with van der Waals surface area (Å²) in [6, 6.07) is 0. The van der Waals surface area contributed by atoms with E-state index in [0.717, 1.165) is 13.2 Å². The van der Waals surface area contributed by atoms with Crippen LogP contribution in [0.5, 0.6) is 0 Å². The molecule has 2 fully saturated rings. The molecule has 1 spiro atoms. The molecule has 0 aromatic carbocycles. The summed E-state index contributed by atoms with van der Waals surface area (Å²) in [6.45, 7) is 2.03. The van der Waals surface area contributed by atoms with E-state index in [9.17, 15) is 0 Å². The van der Waals surface area contributed by atoms with Gasteiger partial charge in [-0.25, -0.2) is 0 Å². The SMILES string of the molecule is C1CC2(CCS2)CO1. The van der Waals surface area contributed by atoms with Crippen LogP contribution in [0.25, 0.3) is 0 Å². The van der Waals surface area contributed by atoms with Crippen molar-refractivity contribution >= 4 is 11.8 Å². The summed E-state index contributed by atoms with van der Waals surface area (Å²) in [4.78, 5) is 0. The zero-order valence-corrected chi connectivity index (χ0v) is 5.67. The topological polar surface area (TPSA) is 9.23 Å². The molecule has 0 N–H and O–H groups in total. The third-order valence-electron chi connectivity index (χ3n) is 2.03. The van der Waals surface area contributed by atoms with Gasteiger partial charge in [0.2, 0.25) is 0 Å². The second kappa shape index (κ2) is 1.64. The monoisotopic (exact) mass is 130 g/mol. The summed E-state index contributed by atoms with van der Waals surface area (Å²) in [5, 5.41) is 0. The largest absolute Gasteiger partial charge is 0.380 e. The molecule has 0 aliphatic carbocycles. The Kier molecular flexibility index (Phi) is 1.05. The van der Waals surface area contributed by atoms with Gasteiger partial charge >= 0.3 is 0 Å². The van der Waals surface area contributed by atoms with Gasteiger partial charge in [-0.15, -0.1) is 0 Å². The van der Waals surface area contributed by atoms with Gasteiger partial charge in [-0.3, -0.25) is 0 Å². The van der Waals surface area contributed by atoms with Crippen LogP contribution in [0.2, 0.25) is 0 Å². The predicted octanol–water partition coefficient (Wildman–Crippen LogP) is 1.28. The first-order valence-electron chi connectivity index (χ1n) is 3.13. The first-order valence-corrected chi connectivity index (χ1v) is 4.12. The van der Waals surface area contributed by atoms with Crippen LogP contribution in [0.3, 0.4) is 0 Å². The number of thioether (sulfide) groups is 1. The fourth-order valence-electron chi connectivity index (χ4n) is 1.29. The molecule has 0 bridgehead atoms. The van der Waals surface area contributed by atoms with Crippen LogP contribution < -0.4 is 0 Å². The Morgan fingerprint density at radius 2 is 2.25 bits per heavy atom. The number of hydrogen-bond donors (Lipinski definition) is 0. The maximum Gasteiger partial charge on any atom is 0.0614 e. The highest BCUT2D eigenvalue weighted by atomic mass is 32.2. The summed E-state index contributed by atoms with van der Waals surface area (Å²) < 4.78 is 5.89. The van der Waals surface area contributed by atoms with E-state index < -0.39 is 0 Å². The van der Waals surface area contributed by atoms with Crippen molar-refractivity contribution in [2.24, 2.45) is 0 Å². The van der Waals surface area contributed by atoms with E-state index in [2.05, 4.69) is 11.8 Å². The van der Waals surface area contributed by atoms with E-state index >= 15 is 0 Å². The van der Waals surface area contributed by atoms with Gasteiger partial charge in [0.1, 0.15) is 0 Å². The van der Waals surface area contributed by atoms with Crippen molar-refractivity contribution in [3.63, 3.8) is 0 Å². The summed E-state index contributed by atoms with van der Waals surface area (Å²) in [6.07, 6.45) is 2.70. The van der Waals surface area contributed by atoms with Crippen LogP contribution in [0.15, 0.2) is 0 Å². The highest BCUT2D eigenvalue weighted by molar-refractivity contribution is 8.02. The first kappa shape index (κ1) is 5.12. The van der Waals surface area contributed by atoms with Crippen LogP contribution in [0.4, 0.5) is 0 Å². The molecule has 2 saturated heterocycles. The summed E-state index contributed by atoms with van der Waals surface area (Å²) in [5.74, 6) is 1.36. The molecule has 1 unspecified atom stereocenters. The lowest BCUT2D eigenvalue weighted by atomic mass is 10.0. The second-order valence-electron chi connectivity index (χ2n) is 2.58. The van der Waals surface area contributed by atoms with Gasteiger partial charge in [-0.2, -0.15) is 11.8 Å². The lowest BCUT2D eigenvalue weighted by Gasteiger charge is -2.35. The fourth-order valence-corrected chi connectivity index (χ4v) is 2.47. The van der Waals surface area contributed by atoms with Crippen molar-refractivity contribution in [3.05, 3.63) is 0 Å². The average Bonchev–Trinajstić information content (AvgIpc) is 2.07. The molecule has 2 rings (SSSR count). The Morgan fingerprint density at radius 3 is 2.50 bits per heavy atom. The minimum atomic E-state index is 0.611. The van der Waals surface area contributed by atoms with Crippen LogP contribution in [-0.2, 0) is 4.74 Å². The number of ether oxygens (including phenoxy) is 1. The van der Waals surface area contributed by atoms with Gasteiger partial charge in [0, 0.05) is 11.4 Å². The zero-order chi connectivity index (χ0) is 5.45. The molecule has 8 heavy (non-hydrogen) atoms. The number of rotatable bonds is 0. The molecule has 2 aliphatic heterocycles. The minimum Gasteiger partial charge on any atom is -0.380 e. The average molecular weight is 130 g/mol. The van der Waals surface area contributed by atoms with E-state index in [-0.39, 0.29) is 0 Å². The minimum absolute atomic E-state index is 0.611. The first-order chi connectivity index (χ1) is 3.91. The standard InChI is InChI=1S/C6H10OS/c1-3-7-5-6(1)2-4-8-6/h1-5H2. The van der Waals surface area contributed by atoms with E-state index in [0.29, 0.717) is 4.75 Å². The van der Waals surface area contributed by atoms with Crippen molar-refractivity contribution < 1.29 is 4.74 Å². The molecule has 46 valence electrons. The lowest BCUT2D eigenvalue weighted by molar-refractivity contribution is 0.188. The van der Waals surface area contributed by atoms with E-state index in [1.165, 1.54) is 18.6 Å². The molecule has 0 aromatic rings. The Balaban J connectivity index is 2.01. The third-order valence-corrected chi connectivity index (χ3v) is 3.58. The normalized spacial score (nSPS) is 45.0. The Labute approximate surface area is 53.8 Å². The van der Waals surface area contributed by atoms with Crippen LogP contribution in [0, 0.1) is 0 Å². The van der Waals surface area contributed by atoms with Crippen LogP contribution >= 0.6 is 11.8 Å². The Morgan fingerprint density at radius 1 is 1.38 bits per heavy atom. The van der Waals surface area contributed by atoms with Crippen molar-refractivity contribution in [2.45, 2.75) is 17.6 Å². The Bertz CT molecular complexity index is 90.7. The highest BCUT2D eigenvalue weighted by Crippen LogP contribution is 2.46.